The summed E-state index contributed by atoms with van der Waals surface area (Å²) in [6.45, 7) is 14.3. The lowest BCUT2D eigenvalue weighted by atomic mass is 10.2. The van der Waals surface area contributed by atoms with Crippen LogP contribution >= 0.6 is 35.3 Å². The Morgan fingerprint density at radius 2 is 0.611 bits per heavy atom. The second-order valence-corrected chi connectivity index (χ2v) is 11.2. The van der Waals surface area contributed by atoms with Crippen LogP contribution in [0, 0.1) is 0 Å². The Labute approximate surface area is 127 Å². The highest BCUT2D eigenvalue weighted by molar-refractivity contribution is 8.35. The van der Waals surface area contributed by atoms with Crippen LogP contribution in [0.5, 0.6) is 0 Å². The van der Waals surface area contributed by atoms with Crippen molar-refractivity contribution < 1.29 is 0 Å². The number of rotatable bonds is 6. The molecule has 0 atom stereocenters. The van der Waals surface area contributed by atoms with E-state index in [0.29, 0.717) is 12.2 Å². The van der Waals surface area contributed by atoms with E-state index < -0.39 is 0 Å². The Bertz CT molecular complexity index is 196. The minimum Gasteiger partial charge on any atom is -0.126 e. The molecule has 1 aliphatic rings. The summed E-state index contributed by atoms with van der Waals surface area (Å²) < 4.78 is 1.34. The van der Waals surface area contributed by atoms with Crippen LogP contribution < -0.4 is 0 Å². The van der Waals surface area contributed by atoms with Crippen LogP contribution in [0.1, 0.15) is 80.1 Å². The lowest BCUT2D eigenvalue weighted by molar-refractivity contribution is 0.644. The van der Waals surface area contributed by atoms with Crippen LogP contribution in [0.4, 0.5) is 0 Å². The maximum Gasteiger partial charge on any atom is 0.0633 e. The molecule has 18 heavy (non-hydrogen) atoms. The normalized spacial score (nSPS) is 25.0. The van der Waals surface area contributed by atoms with Gasteiger partial charge in [0.05, 0.1) is 12.2 Å². The van der Waals surface area contributed by atoms with Crippen molar-refractivity contribution >= 4 is 35.3 Å². The quantitative estimate of drug-likeness (QED) is 0.533. The standard InChI is InChI=1S/C15H30S3/c1-7-13(8-2)16-14(9-3,10-4)18-15(11-5,12-6)17-13/h7-12H2,1-6H3. The molecule has 1 rings (SSSR count). The van der Waals surface area contributed by atoms with Crippen LogP contribution in [-0.2, 0) is 0 Å². The first-order valence-corrected chi connectivity index (χ1v) is 10.0. The molecule has 0 radical (unpaired) electrons. The van der Waals surface area contributed by atoms with Crippen molar-refractivity contribution in [3.05, 3.63) is 0 Å². The van der Waals surface area contributed by atoms with Crippen molar-refractivity contribution in [2.75, 3.05) is 0 Å². The molecule has 0 aliphatic carbocycles. The SMILES string of the molecule is CCC1(CC)SC(CC)(CC)SC(CC)(CC)S1. The Morgan fingerprint density at radius 3 is 0.722 bits per heavy atom. The molecule has 0 nitrogen and oxygen atoms in total. The third-order valence-corrected chi connectivity index (χ3v) is 11.5. The Morgan fingerprint density at radius 1 is 0.444 bits per heavy atom. The molecule has 0 saturated carbocycles. The molecule has 1 heterocycles. The molecule has 1 aliphatic heterocycles. The summed E-state index contributed by atoms with van der Waals surface area (Å²) in [5.74, 6) is 0. The average molecular weight is 307 g/mol. The minimum atomic E-state index is 0.448. The third kappa shape index (κ3) is 3.20. The van der Waals surface area contributed by atoms with Crippen LogP contribution in [0.3, 0.4) is 0 Å². The zero-order valence-corrected chi connectivity index (χ0v) is 15.4. The first-order chi connectivity index (χ1) is 8.49. The van der Waals surface area contributed by atoms with Crippen molar-refractivity contribution in [1.82, 2.24) is 0 Å². The van der Waals surface area contributed by atoms with Crippen LogP contribution in [0.15, 0.2) is 0 Å². The summed E-state index contributed by atoms with van der Waals surface area (Å²) in [7, 11) is 0. The number of thioether (sulfide) groups is 3. The molecule has 0 bridgehead atoms. The fourth-order valence-electron chi connectivity index (χ4n) is 2.70. The summed E-state index contributed by atoms with van der Waals surface area (Å²) in [5.41, 5.74) is 0. The smallest absolute Gasteiger partial charge is 0.0633 e. The molecule has 1 fully saturated rings. The van der Waals surface area contributed by atoms with E-state index in [4.69, 9.17) is 0 Å². The summed E-state index contributed by atoms with van der Waals surface area (Å²) in [4.78, 5) is 0. The van der Waals surface area contributed by atoms with Crippen molar-refractivity contribution in [3.8, 4) is 0 Å². The molecule has 0 amide bonds. The van der Waals surface area contributed by atoms with Gasteiger partial charge in [0.1, 0.15) is 0 Å². The zero-order valence-electron chi connectivity index (χ0n) is 13.0. The summed E-state index contributed by atoms with van der Waals surface area (Å²) in [6, 6.07) is 0. The highest BCUT2D eigenvalue weighted by Gasteiger charge is 2.52. The molecular weight excluding hydrogens is 276 g/mol. The maximum atomic E-state index is 2.38. The second kappa shape index (κ2) is 6.67. The Hall–Kier alpha value is 1.05. The van der Waals surface area contributed by atoms with Gasteiger partial charge in [0.25, 0.3) is 0 Å². The van der Waals surface area contributed by atoms with Crippen molar-refractivity contribution in [2.45, 2.75) is 92.3 Å². The molecule has 0 aromatic rings. The van der Waals surface area contributed by atoms with E-state index in [9.17, 15) is 0 Å². The predicted octanol–water partition coefficient (Wildman–Crippen LogP) is 6.75. The van der Waals surface area contributed by atoms with Gasteiger partial charge in [-0.3, -0.25) is 0 Å². The highest BCUT2D eigenvalue weighted by atomic mass is 32.3. The van der Waals surface area contributed by atoms with Gasteiger partial charge in [-0.25, -0.2) is 0 Å². The topological polar surface area (TPSA) is 0 Å². The van der Waals surface area contributed by atoms with Crippen LogP contribution in [-0.4, -0.2) is 12.2 Å². The van der Waals surface area contributed by atoms with Crippen LogP contribution in [0.2, 0.25) is 0 Å². The predicted molar refractivity (Wildman–Crippen MR) is 92.7 cm³/mol. The van der Waals surface area contributed by atoms with Gasteiger partial charge < -0.3 is 0 Å². The van der Waals surface area contributed by atoms with Crippen molar-refractivity contribution in [1.29, 1.82) is 0 Å². The van der Waals surface area contributed by atoms with E-state index in [1.54, 1.807) is 0 Å². The molecule has 0 spiro atoms. The first-order valence-electron chi connectivity index (χ1n) is 7.59. The number of hydrogen-bond acceptors (Lipinski definition) is 3. The lowest BCUT2D eigenvalue weighted by Crippen LogP contribution is -2.42. The van der Waals surface area contributed by atoms with Gasteiger partial charge in [-0.15, -0.1) is 35.3 Å². The van der Waals surface area contributed by atoms with Crippen LogP contribution in [0.25, 0.3) is 0 Å². The zero-order chi connectivity index (χ0) is 13.9. The fourth-order valence-corrected chi connectivity index (χ4v) is 10.3. The summed E-state index contributed by atoms with van der Waals surface area (Å²) in [6.07, 6.45) is 7.77. The molecule has 108 valence electrons. The summed E-state index contributed by atoms with van der Waals surface area (Å²) >= 11 is 6.86. The van der Waals surface area contributed by atoms with Gasteiger partial charge in [-0.05, 0) is 38.5 Å². The molecular formula is C15H30S3. The van der Waals surface area contributed by atoms with Crippen molar-refractivity contribution in [2.24, 2.45) is 0 Å². The van der Waals surface area contributed by atoms with Gasteiger partial charge in [0, 0.05) is 0 Å². The molecule has 1 saturated heterocycles. The van der Waals surface area contributed by atoms with E-state index in [2.05, 4.69) is 76.8 Å². The van der Waals surface area contributed by atoms with E-state index in [0.717, 1.165) is 0 Å². The van der Waals surface area contributed by atoms with Gasteiger partial charge in [-0.1, -0.05) is 41.5 Å². The fraction of sp³-hybridized carbons (Fsp3) is 1.00. The molecule has 0 aromatic carbocycles. The Balaban J connectivity index is 3.13. The van der Waals surface area contributed by atoms with Gasteiger partial charge >= 0.3 is 0 Å². The van der Waals surface area contributed by atoms with E-state index in [1.807, 2.05) is 0 Å². The van der Waals surface area contributed by atoms with E-state index >= 15 is 0 Å². The first kappa shape index (κ1) is 17.1. The monoisotopic (exact) mass is 306 g/mol. The maximum absolute atomic E-state index is 2.38. The van der Waals surface area contributed by atoms with E-state index in [-0.39, 0.29) is 0 Å². The molecule has 0 aromatic heterocycles. The highest BCUT2D eigenvalue weighted by Crippen LogP contribution is 2.70. The molecule has 3 heteroatoms. The van der Waals surface area contributed by atoms with Gasteiger partial charge in [0.2, 0.25) is 0 Å². The molecule has 0 unspecified atom stereocenters. The lowest BCUT2D eigenvalue weighted by Gasteiger charge is -2.54. The Kier molecular flexibility index (Phi) is 6.34. The third-order valence-electron chi connectivity index (χ3n) is 4.35. The van der Waals surface area contributed by atoms with Crippen molar-refractivity contribution in [3.63, 3.8) is 0 Å². The summed E-state index contributed by atoms with van der Waals surface area (Å²) in [5, 5.41) is 0. The minimum absolute atomic E-state index is 0.448. The van der Waals surface area contributed by atoms with Gasteiger partial charge in [0.15, 0.2) is 0 Å². The number of hydrogen-bond donors (Lipinski definition) is 0. The largest absolute Gasteiger partial charge is 0.126 e. The van der Waals surface area contributed by atoms with Gasteiger partial charge in [-0.2, -0.15) is 0 Å². The molecule has 0 N–H and O–H groups in total. The second-order valence-electron chi connectivity index (χ2n) is 5.16. The van der Waals surface area contributed by atoms with E-state index in [1.165, 1.54) is 38.5 Å². The average Bonchev–Trinajstić information content (AvgIpc) is 2.46.